The molecular weight excluding hydrogens is 391 g/mol. The fraction of sp³-hybridized carbons (Fsp3) is 0.938. The van der Waals surface area contributed by atoms with E-state index in [1.807, 2.05) is 6.92 Å². The van der Waals surface area contributed by atoms with Crippen LogP contribution in [0.15, 0.2) is 4.99 Å². The van der Waals surface area contributed by atoms with Gasteiger partial charge in [-0.2, -0.15) is 0 Å². The Labute approximate surface area is 154 Å². The van der Waals surface area contributed by atoms with E-state index in [9.17, 15) is 0 Å². The summed E-state index contributed by atoms with van der Waals surface area (Å²) in [5.41, 5.74) is 0. The SMILES string of the molecule is CCCN(CCC)CCCN=C(NCC)NCCOCC.I. The lowest BCUT2D eigenvalue weighted by atomic mass is 10.3. The summed E-state index contributed by atoms with van der Waals surface area (Å²) in [5.74, 6) is 0.898. The summed E-state index contributed by atoms with van der Waals surface area (Å²) in [6, 6.07) is 0. The topological polar surface area (TPSA) is 48.9 Å². The molecule has 0 fully saturated rings. The van der Waals surface area contributed by atoms with E-state index in [-0.39, 0.29) is 24.0 Å². The maximum absolute atomic E-state index is 5.32. The number of rotatable bonds is 13. The van der Waals surface area contributed by atoms with Gasteiger partial charge in [0.1, 0.15) is 0 Å². The van der Waals surface area contributed by atoms with E-state index in [0.717, 1.165) is 51.8 Å². The van der Waals surface area contributed by atoms with Crippen molar-refractivity contribution in [2.45, 2.75) is 47.0 Å². The maximum atomic E-state index is 5.32. The first-order chi connectivity index (χ1) is 10.3. The predicted molar refractivity (Wildman–Crippen MR) is 108 cm³/mol. The molecule has 0 aromatic carbocycles. The van der Waals surface area contributed by atoms with Gasteiger partial charge >= 0.3 is 0 Å². The first kappa shape index (κ1) is 24.2. The number of hydrogen-bond acceptors (Lipinski definition) is 3. The van der Waals surface area contributed by atoms with E-state index in [2.05, 4.69) is 41.3 Å². The third kappa shape index (κ3) is 14.8. The first-order valence-corrected chi connectivity index (χ1v) is 8.60. The number of ether oxygens (including phenoxy) is 1. The van der Waals surface area contributed by atoms with E-state index in [4.69, 9.17) is 4.74 Å². The molecule has 0 aromatic rings. The summed E-state index contributed by atoms with van der Waals surface area (Å²) in [4.78, 5) is 7.15. The van der Waals surface area contributed by atoms with Gasteiger partial charge < -0.3 is 20.3 Å². The van der Waals surface area contributed by atoms with E-state index < -0.39 is 0 Å². The molecule has 0 bridgehead atoms. The minimum Gasteiger partial charge on any atom is -0.380 e. The van der Waals surface area contributed by atoms with Gasteiger partial charge in [0.05, 0.1) is 6.61 Å². The molecule has 0 aromatic heterocycles. The molecule has 0 aliphatic heterocycles. The van der Waals surface area contributed by atoms with Crippen LogP contribution in [0, 0.1) is 0 Å². The highest BCUT2D eigenvalue weighted by Gasteiger charge is 2.02. The molecule has 0 atom stereocenters. The average Bonchev–Trinajstić information content (AvgIpc) is 2.48. The lowest BCUT2D eigenvalue weighted by molar-refractivity contribution is 0.152. The van der Waals surface area contributed by atoms with E-state index in [0.29, 0.717) is 0 Å². The molecule has 0 amide bonds. The molecule has 2 N–H and O–H groups in total. The Morgan fingerprint density at radius 3 is 2.23 bits per heavy atom. The highest BCUT2D eigenvalue weighted by Crippen LogP contribution is 1.96. The second-order valence-electron chi connectivity index (χ2n) is 5.08. The smallest absolute Gasteiger partial charge is 0.191 e. The molecule has 0 heterocycles. The van der Waals surface area contributed by atoms with Crippen LogP contribution in [0.25, 0.3) is 0 Å². The Bertz CT molecular complexity index is 246. The zero-order valence-electron chi connectivity index (χ0n) is 15.0. The van der Waals surface area contributed by atoms with Crippen molar-refractivity contribution >= 4 is 29.9 Å². The maximum Gasteiger partial charge on any atom is 0.191 e. The van der Waals surface area contributed by atoms with Gasteiger partial charge in [-0.05, 0) is 52.7 Å². The van der Waals surface area contributed by atoms with Crippen LogP contribution in [0.1, 0.15) is 47.0 Å². The molecule has 0 aliphatic carbocycles. The van der Waals surface area contributed by atoms with Gasteiger partial charge in [-0.3, -0.25) is 4.99 Å². The normalized spacial score (nSPS) is 11.4. The van der Waals surface area contributed by atoms with Crippen molar-refractivity contribution in [1.29, 1.82) is 0 Å². The fourth-order valence-corrected chi connectivity index (χ4v) is 2.18. The molecule has 0 radical (unpaired) electrons. The van der Waals surface area contributed by atoms with Crippen molar-refractivity contribution in [2.75, 3.05) is 52.5 Å². The summed E-state index contributed by atoms with van der Waals surface area (Å²) in [6.07, 6.45) is 3.57. The molecular formula is C16H37IN4O. The number of halogens is 1. The second kappa shape index (κ2) is 19.0. The lowest BCUT2D eigenvalue weighted by Gasteiger charge is -2.20. The Kier molecular flexibility index (Phi) is 20.8. The van der Waals surface area contributed by atoms with Crippen molar-refractivity contribution < 1.29 is 4.74 Å². The third-order valence-electron chi connectivity index (χ3n) is 3.07. The summed E-state index contributed by atoms with van der Waals surface area (Å²) >= 11 is 0. The van der Waals surface area contributed by atoms with Crippen molar-refractivity contribution in [3.63, 3.8) is 0 Å². The molecule has 5 nitrogen and oxygen atoms in total. The van der Waals surface area contributed by atoms with Crippen molar-refractivity contribution in [3.05, 3.63) is 0 Å². The molecule has 6 heteroatoms. The van der Waals surface area contributed by atoms with Crippen LogP contribution in [0.2, 0.25) is 0 Å². The Hall–Kier alpha value is -0.0800. The van der Waals surface area contributed by atoms with Crippen LogP contribution in [0.4, 0.5) is 0 Å². The van der Waals surface area contributed by atoms with Gasteiger partial charge in [-0.1, -0.05) is 13.8 Å². The predicted octanol–water partition coefficient (Wildman–Crippen LogP) is 2.71. The van der Waals surface area contributed by atoms with E-state index >= 15 is 0 Å². The van der Waals surface area contributed by atoms with Crippen LogP contribution in [-0.4, -0.2) is 63.3 Å². The quantitative estimate of drug-likeness (QED) is 0.205. The Morgan fingerprint density at radius 1 is 1.00 bits per heavy atom. The Balaban J connectivity index is 0. The van der Waals surface area contributed by atoms with E-state index in [1.165, 1.54) is 25.9 Å². The summed E-state index contributed by atoms with van der Waals surface area (Å²) in [5, 5.41) is 6.56. The highest BCUT2D eigenvalue weighted by atomic mass is 127. The van der Waals surface area contributed by atoms with Crippen LogP contribution in [-0.2, 0) is 4.74 Å². The summed E-state index contributed by atoms with van der Waals surface area (Å²) in [7, 11) is 0. The van der Waals surface area contributed by atoms with Crippen LogP contribution in [0.3, 0.4) is 0 Å². The van der Waals surface area contributed by atoms with Gasteiger partial charge in [0, 0.05) is 26.2 Å². The van der Waals surface area contributed by atoms with Gasteiger partial charge in [0.25, 0.3) is 0 Å². The zero-order valence-corrected chi connectivity index (χ0v) is 17.3. The lowest BCUT2D eigenvalue weighted by Crippen LogP contribution is -2.39. The van der Waals surface area contributed by atoms with Gasteiger partial charge in [-0.15, -0.1) is 24.0 Å². The standard InChI is InChI=1S/C16H36N4O.HI/c1-5-12-20(13-6-2)14-9-10-18-16(17-7-3)19-11-15-21-8-4;/h5-15H2,1-4H3,(H2,17,18,19);1H. The average molecular weight is 428 g/mol. The van der Waals surface area contributed by atoms with Crippen LogP contribution in [0.5, 0.6) is 0 Å². The molecule has 0 unspecified atom stereocenters. The summed E-state index contributed by atoms with van der Waals surface area (Å²) < 4.78 is 5.32. The number of hydrogen-bond donors (Lipinski definition) is 2. The monoisotopic (exact) mass is 428 g/mol. The molecule has 0 spiro atoms. The number of guanidine groups is 1. The number of nitrogens with one attached hydrogen (secondary N) is 2. The fourth-order valence-electron chi connectivity index (χ4n) is 2.18. The Morgan fingerprint density at radius 2 is 1.68 bits per heavy atom. The molecule has 0 rings (SSSR count). The first-order valence-electron chi connectivity index (χ1n) is 8.60. The molecule has 0 saturated carbocycles. The van der Waals surface area contributed by atoms with Crippen molar-refractivity contribution in [2.24, 2.45) is 4.99 Å². The minimum absolute atomic E-state index is 0. The minimum atomic E-state index is 0. The molecule has 134 valence electrons. The second-order valence-corrected chi connectivity index (χ2v) is 5.08. The largest absolute Gasteiger partial charge is 0.380 e. The highest BCUT2D eigenvalue weighted by molar-refractivity contribution is 14.0. The van der Waals surface area contributed by atoms with E-state index in [1.54, 1.807) is 0 Å². The molecule has 0 saturated heterocycles. The molecule has 22 heavy (non-hydrogen) atoms. The van der Waals surface area contributed by atoms with Crippen molar-refractivity contribution in [1.82, 2.24) is 15.5 Å². The van der Waals surface area contributed by atoms with Gasteiger partial charge in [0.2, 0.25) is 0 Å². The molecule has 0 aliphatic rings. The van der Waals surface area contributed by atoms with Gasteiger partial charge in [-0.25, -0.2) is 0 Å². The van der Waals surface area contributed by atoms with Crippen LogP contribution < -0.4 is 10.6 Å². The zero-order chi connectivity index (χ0) is 15.8. The van der Waals surface area contributed by atoms with Crippen molar-refractivity contribution in [3.8, 4) is 0 Å². The number of aliphatic imine (C=N–C) groups is 1. The third-order valence-corrected chi connectivity index (χ3v) is 3.07. The van der Waals surface area contributed by atoms with Gasteiger partial charge in [0.15, 0.2) is 5.96 Å². The summed E-state index contributed by atoms with van der Waals surface area (Å²) in [6.45, 7) is 16.2. The van der Waals surface area contributed by atoms with Crippen LogP contribution >= 0.6 is 24.0 Å². The number of nitrogens with zero attached hydrogens (tertiary/aromatic N) is 2.